The number of amides is 1. The van der Waals surface area contributed by atoms with E-state index in [9.17, 15) is 4.79 Å². The summed E-state index contributed by atoms with van der Waals surface area (Å²) in [6, 6.07) is 7.55. The van der Waals surface area contributed by atoms with Gasteiger partial charge in [-0.2, -0.15) is 5.10 Å². The minimum atomic E-state index is 0.0434. The van der Waals surface area contributed by atoms with Gasteiger partial charge >= 0.3 is 0 Å². The molecule has 1 amide bonds. The predicted octanol–water partition coefficient (Wildman–Crippen LogP) is 2.84. The molecule has 0 bridgehead atoms. The molecule has 1 aliphatic heterocycles. The van der Waals surface area contributed by atoms with E-state index in [1.165, 1.54) is 0 Å². The first-order chi connectivity index (χ1) is 14.7. The summed E-state index contributed by atoms with van der Waals surface area (Å²) in [6.45, 7) is 1.54. The van der Waals surface area contributed by atoms with Crippen LogP contribution in [-0.2, 0) is 18.3 Å². The molecule has 3 aromatic rings. The molecule has 3 aromatic heterocycles. The van der Waals surface area contributed by atoms with Crippen molar-refractivity contribution in [2.45, 2.75) is 19.3 Å². The van der Waals surface area contributed by atoms with E-state index in [4.69, 9.17) is 0 Å². The molecule has 0 saturated carbocycles. The van der Waals surface area contributed by atoms with E-state index < -0.39 is 0 Å². The summed E-state index contributed by atoms with van der Waals surface area (Å²) >= 11 is 0. The second kappa shape index (κ2) is 9.30. The number of anilines is 2. The number of aromatic nitrogens is 5. The smallest absolute Gasteiger partial charge is 0.246 e. The van der Waals surface area contributed by atoms with E-state index in [2.05, 4.69) is 25.4 Å². The van der Waals surface area contributed by atoms with Crippen LogP contribution in [0.25, 0.3) is 6.08 Å². The summed E-state index contributed by atoms with van der Waals surface area (Å²) < 4.78 is 1.74. The van der Waals surface area contributed by atoms with Gasteiger partial charge in [-0.05, 0) is 49.5 Å². The molecule has 0 aromatic carbocycles. The average Bonchev–Trinajstić information content (AvgIpc) is 3.19. The van der Waals surface area contributed by atoms with Crippen LogP contribution in [0.4, 0.5) is 11.6 Å². The highest BCUT2D eigenvalue weighted by Crippen LogP contribution is 2.21. The zero-order chi connectivity index (χ0) is 20.8. The lowest BCUT2D eigenvalue weighted by molar-refractivity contribution is -0.127. The SMILES string of the molecule is Cn1nccc1/C=C/C(=O)N1CCCC(Cc2cnc(Nc3ccccn3)cn2)C1. The number of pyridine rings is 1. The van der Waals surface area contributed by atoms with Gasteiger partial charge in [0.1, 0.15) is 11.6 Å². The first-order valence-corrected chi connectivity index (χ1v) is 10.1. The quantitative estimate of drug-likeness (QED) is 0.637. The van der Waals surface area contributed by atoms with Gasteiger partial charge in [-0.15, -0.1) is 0 Å². The minimum absolute atomic E-state index is 0.0434. The standard InChI is InChI=1S/C22H25N7O/c1-28-19(9-11-26-28)7-8-22(30)29-12-4-5-17(16-29)13-18-14-25-21(15-24-18)27-20-6-2-3-10-23-20/h2-3,6-11,14-15,17H,4-5,12-13,16H2,1H3,(H,23,25,27)/b8-7+. The van der Waals surface area contributed by atoms with Crippen LogP contribution in [0.1, 0.15) is 24.2 Å². The van der Waals surface area contributed by atoms with Crippen molar-refractivity contribution in [3.8, 4) is 0 Å². The van der Waals surface area contributed by atoms with E-state index in [1.807, 2.05) is 42.3 Å². The Labute approximate surface area is 175 Å². The molecule has 0 spiro atoms. The number of hydrogen-bond donors (Lipinski definition) is 1. The number of carbonyl (C=O) groups excluding carboxylic acids is 1. The van der Waals surface area contributed by atoms with Crippen molar-refractivity contribution in [3.05, 3.63) is 66.5 Å². The number of piperidine rings is 1. The number of hydrogen-bond acceptors (Lipinski definition) is 6. The van der Waals surface area contributed by atoms with E-state index in [0.29, 0.717) is 11.7 Å². The molecule has 1 unspecified atom stereocenters. The fourth-order valence-electron chi connectivity index (χ4n) is 3.63. The van der Waals surface area contributed by atoms with Crippen LogP contribution in [0.3, 0.4) is 0 Å². The lowest BCUT2D eigenvalue weighted by Gasteiger charge is -2.32. The largest absolute Gasteiger partial charge is 0.339 e. The number of aryl methyl sites for hydroxylation is 1. The van der Waals surface area contributed by atoms with E-state index in [-0.39, 0.29) is 5.91 Å². The lowest BCUT2D eigenvalue weighted by atomic mass is 9.93. The van der Waals surface area contributed by atoms with Crippen molar-refractivity contribution >= 4 is 23.6 Å². The van der Waals surface area contributed by atoms with Crippen molar-refractivity contribution in [2.24, 2.45) is 13.0 Å². The first kappa shape index (κ1) is 19.8. The van der Waals surface area contributed by atoms with Crippen LogP contribution in [0.15, 0.2) is 55.1 Å². The van der Waals surface area contributed by atoms with Crippen LogP contribution >= 0.6 is 0 Å². The van der Waals surface area contributed by atoms with Gasteiger partial charge in [0.25, 0.3) is 0 Å². The Kier molecular flexibility index (Phi) is 6.12. The molecule has 4 heterocycles. The van der Waals surface area contributed by atoms with Crippen LogP contribution in [0.5, 0.6) is 0 Å². The molecular weight excluding hydrogens is 378 g/mol. The van der Waals surface area contributed by atoms with E-state index >= 15 is 0 Å². The highest BCUT2D eigenvalue weighted by atomic mass is 16.2. The summed E-state index contributed by atoms with van der Waals surface area (Å²) in [5.41, 5.74) is 1.85. The van der Waals surface area contributed by atoms with Crippen LogP contribution in [-0.4, -0.2) is 48.6 Å². The zero-order valence-corrected chi connectivity index (χ0v) is 17.0. The Morgan fingerprint density at radius 2 is 2.10 bits per heavy atom. The number of nitrogens with zero attached hydrogens (tertiary/aromatic N) is 6. The molecule has 1 N–H and O–H groups in total. The maximum absolute atomic E-state index is 12.6. The Morgan fingerprint density at radius 1 is 1.17 bits per heavy atom. The molecule has 1 saturated heterocycles. The van der Waals surface area contributed by atoms with Crippen molar-refractivity contribution in [3.63, 3.8) is 0 Å². The van der Waals surface area contributed by atoms with Gasteiger partial charge in [0.05, 0.1) is 23.8 Å². The maximum atomic E-state index is 12.6. The number of carbonyl (C=O) groups is 1. The van der Waals surface area contributed by atoms with Crippen molar-refractivity contribution in [1.82, 2.24) is 29.6 Å². The van der Waals surface area contributed by atoms with Gasteiger partial charge in [-0.25, -0.2) is 9.97 Å². The van der Waals surface area contributed by atoms with Gasteiger partial charge in [-0.1, -0.05) is 6.07 Å². The van der Waals surface area contributed by atoms with Gasteiger partial charge in [0.15, 0.2) is 0 Å². The maximum Gasteiger partial charge on any atom is 0.246 e. The molecule has 8 heteroatoms. The Hall–Kier alpha value is -3.55. The highest BCUT2D eigenvalue weighted by molar-refractivity contribution is 5.91. The summed E-state index contributed by atoms with van der Waals surface area (Å²) in [5, 5.41) is 7.25. The van der Waals surface area contributed by atoms with Gasteiger partial charge in [0.2, 0.25) is 5.91 Å². The molecule has 30 heavy (non-hydrogen) atoms. The molecule has 1 fully saturated rings. The first-order valence-electron chi connectivity index (χ1n) is 10.1. The Balaban J connectivity index is 1.32. The second-order valence-corrected chi connectivity index (χ2v) is 7.44. The Morgan fingerprint density at radius 3 is 2.83 bits per heavy atom. The summed E-state index contributed by atoms with van der Waals surface area (Å²) in [5.74, 6) is 1.83. The fourth-order valence-corrected chi connectivity index (χ4v) is 3.63. The number of likely N-dealkylation sites (tertiary alicyclic amines) is 1. The van der Waals surface area contributed by atoms with Crippen molar-refractivity contribution in [1.29, 1.82) is 0 Å². The van der Waals surface area contributed by atoms with Gasteiger partial charge in [0, 0.05) is 38.6 Å². The second-order valence-electron chi connectivity index (χ2n) is 7.44. The van der Waals surface area contributed by atoms with Crippen LogP contribution in [0, 0.1) is 5.92 Å². The topological polar surface area (TPSA) is 88.8 Å². The summed E-state index contributed by atoms with van der Waals surface area (Å²) in [6.07, 6.45) is 13.3. The molecule has 154 valence electrons. The fraction of sp³-hybridized carbons (Fsp3) is 0.318. The van der Waals surface area contributed by atoms with Crippen LogP contribution in [0.2, 0.25) is 0 Å². The third kappa shape index (κ3) is 5.08. The Bertz CT molecular complexity index is 998. The molecule has 0 radical (unpaired) electrons. The van der Waals surface area contributed by atoms with Gasteiger partial charge < -0.3 is 10.2 Å². The minimum Gasteiger partial charge on any atom is -0.339 e. The molecule has 1 atom stereocenters. The summed E-state index contributed by atoms with van der Waals surface area (Å²) in [4.78, 5) is 27.7. The normalized spacial score (nSPS) is 16.7. The van der Waals surface area contributed by atoms with Crippen molar-refractivity contribution in [2.75, 3.05) is 18.4 Å². The molecular formula is C22H25N7O. The summed E-state index contributed by atoms with van der Waals surface area (Å²) in [7, 11) is 1.86. The zero-order valence-electron chi connectivity index (χ0n) is 17.0. The molecule has 4 rings (SSSR count). The molecule has 0 aliphatic carbocycles. The number of rotatable bonds is 6. The highest BCUT2D eigenvalue weighted by Gasteiger charge is 2.23. The third-order valence-electron chi connectivity index (χ3n) is 5.21. The average molecular weight is 403 g/mol. The van der Waals surface area contributed by atoms with Crippen LogP contribution < -0.4 is 5.32 Å². The van der Waals surface area contributed by atoms with E-state index in [1.54, 1.807) is 35.5 Å². The van der Waals surface area contributed by atoms with Gasteiger partial charge in [-0.3, -0.25) is 14.5 Å². The predicted molar refractivity (Wildman–Crippen MR) is 115 cm³/mol. The molecule has 8 nitrogen and oxygen atoms in total. The van der Waals surface area contributed by atoms with E-state index in [0.717, 1.165) is 49.6 Å². The third-order valence-corrected chi connectivity index (χ3v) is 5.21. The lowest BCUT2D eigenvalue weighted by Crippen LogP contribution is -2.39. The molecule has 1 aliphatic rings. The number of nitrogens with one attached hydrogen (secondary N) is 1. The monoisotopic (exact) mass is 403 g/mol. The van der Waals surface area contributed by atoms with Crippen molar-refractivity contribution < 1.29 is 4.79 Å².